The number of carbonyl (C=O) groups excluding carboxylic acids is 1. The van der Waals surface area contributed by atoms with Gasteiger partial charge in [0.25, 0.3) is 5.91 Å². The number of amides is 1. The maximum Gasteiger partial charge on any atom is 0.268 e. The van der Waals surface area contributed by atoms with Gasteiger partial charge in [-0.1, -0.05) is 26.2 Å². The molecule has 1 aliphatic carbocycles. The first-order valence-electron chi connectivity index (χ1n) is 9.85. The Bertz CT molecular complexity index is 735. The number of nitrogens with one attached hydrogen (secondary N) is 1. The van der Waals surface area contributed by atoms with Gasteiger partial charge in [-0.05, 0) is 44.1 Å². The molecule has 1 saturated carbocycles. The van der Waals surface area contributed by atoms with E-state index in [1.807, 2.05) is 0 Å². The van der Waals surface area contributed by atoms with E-state index in [0.29, 0.717) is 24.7 Å². The first kappa shape index (κ1) is 19.4. The molecule has 1 aromatic heterocycles. The van der Waals surface area contributed by atoms with Gasteiger partial charge in [0.2, 0.25) is 10.0 Å². The van der Waals surface area contributed by atoms with E-state index < -0.39 is 10.0 Å². The molecular weight excluding hydrogens is 350 g/mol. The van der Waals surface area contributed by atoms with Gasteiger partial charge >= 0.3 is 0 Å². The third-order valence-corrected chi connectivity index (χ3v) is 7.62. The van der Waals surface area contributed by atoms with Crippen molar-refractivity contribution in [3.63, 3.8) is 0 Å². The fraction of sp³-hybridized carbons (Fsp3) is 0.737. The van der Waals surface area contributed by atoms with Crippen molar-refractivity contribution in [1.82, 2.24) is 14.2 Å². The molecule has 0 radical (unpaired) electrons. The molecule has 2 heterocycles. The highest BCUT2D eigenvalue weighted by atomic mass is 32.2. The van der Waals surface area contributed by atoms with Crippen LogP contribution >= 0.6 is 0 Å². The molecule has 3 rings (SSSR count). The van der Waals surface area contributed by atoms with Crippen LogP contribution in [-0.2, 0) is 17.1 Å². The number of aromatic nitrogens is 1. The number of aryl methyl sites for hydroxylation is 1. The molecule has 1 saturated heterocycles. The maximum absolute atomic E-state index is 12.8. The molecule has 2 aliphatic rings. The Morgan fingerprint density at radius 3 is 2.54 bits per heavy atom. The number of carbonyl (C=O) groups is 1. The van der Waals surface area contributed by atoms with Crippen molar-refractivity contribution in [2.24, 2.45) is 13.0 Å². The number of nitrogens with zero attached hydrogens (tertiary/aromatic N) is 2. The average molecular weight is 382 g/mol. The fourth-order valence-electron chi connectivity index (χ4n) is 4.05. The second kappa shape index (κ2) is 8.13. The summed E-state index contributed by atoms with van der Waals surface area (Å²) in [4.78, 5) is 12.9. The Hall–Kier alpha value is -1.34. The molecule has 2 fully saturated rings. The molecule has 1 aliphatic heterocycles. The van der Waals surface area contributed by atoms with Gasteiger partial charge in [-0.15, -0.1) is 0 Å². The Morgan fingerprint density at radius 1 is 1.08 bits per heavy atom. The van der Waals surface area contributed by atoms with Crippen molar-refractivity contribution < 1.29 is 13.2 Å². The quantitative estimate of drug-likeness (QED) is 0.815. The summed E-state index contributed by atoms with van der Waals surface area (Å²) < 4.78 is 28.8. The van der Waals surface area contributed by atoms with Crippen molar-refractivity contribution in [3.05, 3.63) is 18.0 Å². The molecule has 6 nitrogen and oxygen atoms in total. The third kappa shape index (κ3) is 4.31. The van der Waals surface area contributed by atoms with Gasteiger partial charge in [-0.2, -0.15) is 4.31 Å². The van der Waals surface area contributed by atoms with Gasteiger partial charge in [0.05, 0.1) is 0 Å². The lowest BCUT2D eigenvalue weighted by molar-refractivity contribution is 0.0925. The van der Waals surface area contributed by atoms with E-state index in [2.05, 4.69) is 12.2 Å². The largest absolute Gasteiger partial charge is 0.348 e. The Labute approximate surface area is 157 Å². The summed E-state index contributed by atoms with van der Waals surface area (Å²) in [7, 11) is -1.78. The number of piperidine rings is 1. The zero-order chi connectivity index (χ0) is 18.7. The van der Waals surface area contributed by atoms with Gasteiger partial charge in [0.15, 0.2) is 0 Å². The molecule has 0 spiro atoms. The normalized spacial score (nSPS) is 25.6. The molecular formula is C19H31N3O3S. The molecule has 1 aromatic rings. The number of hydrogen-bond acceptors (Lipinski definition) is 3. The molecule has 7 heteroatoms. The van der Waals surface area contributed by atoms with E-state index in [4.69, 9.17) is 0 Å². The third-order valence-electron chi connectivity index (χ3n) is 5.76. The first-order valence-corrected chi connectivity index (χ1v) is 11.3. The predicted molar refractivity (Wildman–Crippen MR) is 102 cm³/mol. The molecule has 1 amide bonds. The zero-order valence-electron chi connectivity index (χ0n) is 15.9. The summed E-state index contributed by atoms with van der Waals surface area (Å²) in [6.07, 6.45) is 9.92. The van der Waals surface area contributed by atoms with Crippen LogP contribution in [0, 0.1) is 5.92 Å². The minimum atomic E-state index is -3.51. The summed E-state index contributed by atoms with van der Waals surface area (Å²) in [5.41, 5.74) is 0.415. The minimum Gasteiger partial charge on any atom is -0.348 e. The lowest BCUT2D eigenvalue weighted by atomic mass is 10.0. The zero-order valence-corrected chi connectivity index (χ0v) is 16.7. The predicted octanol–water partition coefficient (Wildman–Crippen LogP) is 2.90. The topological polar surface area (TPSA) is 71.4 Å². The SMILES string of the molecule is CC1CCCC(NC(=O)c2cc(S(=O)(=O)N3CCCCC3)cn2C)CC1. The highest BCUT2D eigenvalue weighted by Gasteiger charge is 2.29. The van der Waals surface area contributed by atoms with E-state index in [9.17, 15) is 13.2 Å². The minimum absolute atomic E-state index is 0.174. The maximum atomic E-state index is 12.8. The molecule has 1 N–H and O–H groups in total. The number of rotatable bonds is 4. The van der Waals surface area contributed by atoms with Gasteiger partial charge in [0, 0.05) is 32.4 Å². The van der Waals surface area contributed by atoms with E-state index >= 15 is 0 Å². The standard InChI is InChI=1S/C19H31N3O3S/c1-15-7-6-8-16(10-9-15)20-19(23)18-13-17(14-21(18)2)26(24,25)22-11-4-3-5-12-22/h13-16H,3-12H2,1-2H3,(H,20,23). The Balaban J connectivity index is 1.72. The molecule has 2 unspecified atom stereocenters. The number of sulfonamides is 1. The fourth-order valence-corrected chi connectivity index (χ4v) is 5.64. The molecule has 0 aromatic carbocycles. The van der Waals surface area contributed by atoms with Crippen LogP contribution in [0.3, 0.4) is 0 Å². The lowest BCUT2D eigenvalue weighted by Crippen LogP contribution is -2.35. The van der Waals surface area contributed by atoms with Crippen LogP contribution < -0.4 is 5.32 Å². The van der Waals surface area contributed by atoms with E-state index in [-0.39, 0.29) is 16.8 Å². The van der Waals surface area contributed by atoms with Crippen molar-refractivity contribution in [1.29, 1.82) is 0 Å². The monoisotopic (exact) mass is 381 g/mol. The van der Waals surface area contributed by atoms with E-state index in [1.54, 1.807) is 22.1 Å². The highest BCUT2D eigenvalue weighted by molar-refractivity contribution is 7.89. The summed E-state index contributed by atoms with van der Waals surface area (Å²) in [6, 6.07) is 1.71. The van der Waals surface area contributed by atoms with Crippen molar-refractivity contribution >= 4 is 15.9 Å². The Morgan fingerprint density at radius 2 is 1.81 bits per heavy atom. The van der Waals surface area contributed by atoms with Crippen LogP contribution in [0.15, 0.2) is 17.2 Å². The molecule has 0 bridgehead atoms. The van der Waals surface area contributed by atoms with Crippen LogP contribution in [0.5, 0.6) is 0 Å². The molecule has 2 atom stereocenters. The smallest absolute Gasteiger partial charge is 0.268 e. The summed E-state index contributed by atoms with van der Waals surface area (Å²) in [6.45, 7) is 3.40. The van der Waals surface area contributed by atoms with Gasteiger partial charge in [-0.3, -0.25) is 4.79 Å². The van der Waals surface area contributed by atoms with Crippen LogP contribution in [0.2, 0.25) is 0 Å². The molecule has 146 valence electrons. The lowest BCUT2D eigenvalue weighted by Gasteiger charge is -2.25. The second-order valence-corrected chi connectivity index (χ2v) is 9.86. The van der Waals surface area contributed by atoms with E-state index in [0.717, 1.165) is 44.9 Å². The first-order chi connectivity index (χ1) is 12.4. The second-order valence-electron chi connectivity index (χ2n) is 7.92. The van der Waals surface area contributed by atoms with Gasteiger partial charge in [-0.25, -0.2) is 8.42 Å². The van der Waals surface area contributed by atoms with Crippen LogP contribution in [-0.4, -0.2) is 42.3 Å². The van der Waals surface area contributed by atoms with Crippen LogP contribution in [0.1, 0.15) is 68.8 Å². The highest BCUT2D eigenvalue weighted by Crippen LogP contribution is 2.24. The van der Waals surface area contributed by atoms with E-state index in [1.165, 1.54) is 12.5 Å². The van der Waals surface area contributed by atoms with Gasteiger partial charge in [0.1, 0.15) is 10.6 Å². The average Bonchev–Trinajstić information content (AvgIpc) is 2.91. The van der Waals surface area contributed by atoms with Crippen LogP contribution in [0.4, 0.5) is 0 Å². The van der Waals surface area contributed by atoms with Crippen molar-refractivity contribution in [3.8, 4) is 0 Å². The van der Waals surface area contributed by atoms with Crippen LogP contribution in [0.25, 0.3) is 0 Å². The summed E-state index contributed by atoms with van der Waals surface area (Å²) >= 11 is 0. The van der Waals surface area contributed by atoms with Crippen molar-refractivity contribution in [2.75, 3.05) is 13.1 Å². The van der Waals surface area contributed by atoms with Gasteiger partial charge < -0.3 is 9.88 Å². The summed E-state index contributed by atoms with van der Waals surface area (Å²) in [5.74, 6) is 0.542. The number of hydrogen-bond donors (Lipinski definition) is 1. The summed E-state index contributed by atoms with van der Waals surface area (Å²) in [5, 5.41) is 3.11. The van der Waals surface area contributed by atoms with Crippen molar-refractivity contribution in [2.45, 2.75) is 69.2 Å². The Kier molecular flexibility index (Phi) is 6.07. The molecule has 26 heavy (non-hydrogen) atoms.